The maximum Gasteiger partial charge on any atom is 0.282 e. The Hall–Kier alpha value is -1.35. The molecule has 3 heteroatoms. The molecular formula is C13H21N2O+. The Kier molecular flexibility index (Phi) is 4.99. The summed E-state index contributed by atoms with van der Waals surface area (Å²) >= 11 is 0. The molecule has 1 atom stereocenters. The van der Waals surface area contributed by atoms with E-state index in [1.807, 2.05) is 38.1 Å². The van der Waals surface area contributed by atoms with Gasteiger partial charge in [0.25, 0.3) is 5.91 Å². The Morgan fingerprint density at radius 1 is 1.44 bits per heavy atom. The monoisotopic (exact) mass is 221 g/mol. The van der Waals surface area contributed by atoms with Crippen LogP contribution in [0.2, 0.25) is 0 Å². The van der Waals surface area contributed by atoms with Gasteiger partial charge in [-0.2, -0.15) is 0 Å². The van der Waals surface area contributed by atoms with E-state index >= 15 is 0 Å². The smallest absolute Gasteiger partial charge is 0.282 e. The number of nitrogens with one attached hydrogen (secondary N) is 1. The lowest BCUT2D eigenvalue weighted by atomic mass is 10.2. The fraction of sp³-hybridized carbons (Fsp3) is 0.462. The third kappa shape index (κ3) is 3.66. The number of hydrogen-bond donors (Lipinski definition) is 2. The molecule has 1 rings (SSSR count). The van der Waals surface area contributed by atoms with E-state index in [1.54, 1.807) is 0 Å². The zero-order chi connectivity index (χ0) is 12.0. The van der Waals surface area contributed by atoms with Crippen molar-refractivity contribution in [2.75, 3.05) is 11.9 Å². The predicted octanol–water partition coefficient (Wildman–Crippen LogP) is 1.30. The molecule has 0 saturated heterocycles. The second kappa shape index (κ2) is 6.28. The average molecular weight is 221 g/mol. The molecule has 3 N–H and O–H groups in total. The number of amides is 1. The fourth-order valence-corrected chi connectivity index (χ4v) is 1.48. The third-order valence-corrected chi connectivity index (χ3v) is 2.63. The number of benzene rings is 1. The lowest BCUT2D eigenvalue weighted by Gasteiger charge is -2.12. The summed E-state index contributed by atoms with van der Waals surface area (Å²) in [4.78, 5) is 11.8. The van der Waals surface area contributed by atoms with E-state index in [9.17, 15) is 4.79 Å². The van der Waals surface area contributed by atoms with E-state index in [0.717, 1.165) is 24.2 Å². The summed E-state index contributed by atoms with van der Waals surface area (Å²) in [6.45, 7) is 7.03. The molecule has 0 aromatic heterocycles. The molecule has 0 aliphatic rings. The standard InChI is InChI=1S/C13H20N2O/c1-4-9-14-11(3)13(16)15-12-8-6-5-7-10(12)2/h5-8,11,14H,4,9H2,1-3H3,(H,15,16)/p+1/t11-/m0/s1. The van der Waals surface area contributed by atoms with Gasteiger partial charge in [0.05, 0.1) is 6.54 Å². The molecule has 0 saturated carbocycles. The van der Waals surface area contributed by atoms with Gasteiger partial charge >= 0.3 is 0 Å². The Bertz CT molecular complexity index is 350. The van der Waals surface area contributed by atoms with Crippen molar-refractivity contribution in [2.24, 2.45) is 0 Å². The van der Waals surface area contributed by atoms with Crippen molar-refractivity contribution in [2.45, 2.75) is 33.2 Å². The quantitative estimate of drug-likeness (QED) is 0.773. The van der Waals surface area contributed by atoms with Crippen molar-refractivity contribution in [3.05, 3.63) is 29.8 Å². The molecule has 3 nitrogen and oxygen atoms in total. The number of nitrogens with two attached hydrogens (primary N) is 1. The van der Waals surface area contributed by atoms with Gasteiger partial charge in [0, 0.05) is 5.69 Å². The van der Waals surface area contributed by atoms with Crippen molar-refractivity contribution >= 4 is 11.6 Å². The Labute approximate surface area is 97.2 Å². The highest BCUT2D eigenvalue weighted by molar-refractivity contribution is 5.94. The average Bonchev–Trinajstić information content (AvgIpc) is 2.28. The van der Waals surface area contributed by atoms with Crippen LogP contribution >= 0.6 is 0 Å². The first-order valence-corrected chi connectivity index (χ1v) is 5.85. The molecule has 0 radical (unpaired) electrons. The summed E-state index contributed by atoms with van der Waals surface area (Å²) < 4.78 is 0. The molecule has 0 heterocycles. The number of anilines is 1. The normalized spacial score (nSPS) is 12.2. The van der Waals surface area contributed by atoms with Crippen molar-refractivity contribution < 1.29 is 10.1 Å². The summed E-state index contributed by atoms with van der Waals surface area (Å²) in [6.07, 6.45) is 1.09. The molecule has 1 aromatic rings. The summed E-state index contributed by atoms with van der Waals surface area (Å²) in [5, 5.41) is 5.01. The van der Waals surface area contributed by atoms with Crippen LogP contribution in [0.25, 0.3) is 0 Å². The van der Waals surface area contributed by atoms with E-state index < -0.39 is 0 Å². The van der Waals surface area contributed by atoms with Crippen LogP contribution in [0.1, 0.15) is 25.8 Å². The highest BCUT2D eigenvalue weighted by Crippen LogP contribution is 2.12. The molecule has 88 valence electrons. The molecule has 0 unspecified atom stereocenters. The van der Waals surface area contributed by atoms with E-state index in [2.05, 4.69) is 17.6 Å². The highest BCUT2D eigenvalue weighted by Gasteiger charge is 2.15. The van der Waals surface area contributed by atoms with Gasteiger partial charge in [-0.05, 0) is 31.9 Å². The maximum atomic E-state index is 11.8. The molecule has 0 aliphatic carbocycles. The number of rotatable bonds is 5. The van der Waals surface area contributed by atoms with Crippen LogP contribution < -0.4 is 10.6 Å². The number of aryl methyl sites for hydroxylation is 1. The van der Waals surface area contributed by atoms with Crippen LogP contribution in [-0.4, -0.2) is 18.5 Å². The van der Waals surface area contributed by atoms with Crippen molar-refractivity contribution in [1.82, 2.24) is 0 Å². The van der Waals surface area contributed by atoms with Crippen molar-refractivity contribution in [1.29, 1.82) is 0 Å². The second-order valence-electron chi connectivity index (χ2n) is 4.12. The van der Waals surface area contributed by atoms with Gasteiger partial charge < -0.3 is 10.6 Å². The predicted molar refractivity (Wildman–Crippen MR) is 66.4 cm³/mol. The number of hydrogen-bond acceptors (Lipinski definition) is 1. The minimum absolute atomic E-state index is 0.0282. The van der Waals surface area contributed by atoms with Crippen LogP contribution in [0, 0.1) is 6.92 Å². The van der Waals surface area contributed by atoms with Crippen LogP contribution in [0.3, 0.4) is 0 Å². The van der Waals surface area contributed by atoms with Crippen LogP contribution in [-0.2, 0) is 4.79 Å². The van der Waals surface area contributed by atoms with Gasteiger partial charge in [0.15, 0.2) is 6.04 Å². The fourth-order valence-electron chi connectivity index (χ4n) is 1.48. The first-order chi connectivity index (χ1) is 7.65. The largest absolute Gasteiger partial charge is 0.336 e. The van der Waals surface area contributed by atoms with Gasteiger partial charge in [-0.1, -0.05) is 25.1 Å². The van der Waals surface area contributed by atoms with E-state index in [-0.39, 0.29) is 11.9 Å². The number of carbonyl (C=O) groups is 1. The van der Waals surface area contributed by atoms with Crippen molar-refractivity contribution in [3.8, 4) is 0 Å². The second-order valence-corrected chi connectivity index (χ2v) is 4.12. The highest BCUT2D eigenvalue weighted by atomic mass is 16.2. The van der Waals surface area contributed by atoms with Gasteiger partial charge in [0.1, 0.15) is 0 Å². The molecular weight excluding hydrogens is 200 g/mol. The molecule has 0 aliphatic heterocycles. The SMILES string of the molecule is CCC[NH2+][C@@H](C)C(=O)Nc1ccccc1C. The number of carbonyl (C=O) groups excluding carboxylic acids is 1. The first kappa shape index (κ1) is 12.7. The molecule has 0 spiro atoms. The molecule has 0 fully saturated rings. The minimum Gasteiger partial charge on any atom is -0.336 e. The van der Waals surface area contributed by atoms with Crippen LogP contribution in [0.15, 0.2) is 24.3 Å². The zero-order valence-corrected chi connectivity index (χ0v) is 10.3. The van der Waals surface area contributed by atoms with Gasteiger partial charge in [-0.25, -0.2) is 0 Å². The molecule has 16 heavy (non-hydrogen) atoms. The Balaban J connectivity index is 2.54. The van der Waals surface area contributed by atoms with E-state index in [4.69, 9.17) is 0 Å². The Morgan fingerprint density at radius 2 is 2.12 bits per heavy atom. The summed E-state index contributed by atoms with van der Waals surface area (Å²) in [6, 6.07) is 7.80. The van der Waals surface area contributed by atoms with Gasteiger partial charge in [0.2, 0.25) is 0 Å². The Morgan fingerprint density at radius 3 is 2.75 bits per heavy atom. The summed E-state index contributed by atoms with van der Waals surface area (Å²) in [5.41, 5.74) is 2.00. The third-order valence-electron chi connectivity index (χ3n) is 2.63. The summed E-state index contributed by atoms with van der Waals surface area (Å²) in [7, 11) is 0. The lowest BCUT2D eigenvalue weighted by molar-refractivity contribution is -0.673. The maximum absolute atomic E-state index is 11.8. The first-order valence-electron chi connectivity index (χ1n) is 5.85. The van der Waals surface area contributed by atoms with Crippen LogP contribution in [0.4, 0.5) is 5.69 Å². The number of quaternary nitrogens is 1. The van der Waals surface area contributed by atoms with Crippen molar-refractivity contribution in [3.63, 3.8) is 0 Å². The topological polar surface area (TPSA) is 45.7 Å². The number of para-hydroxylation sites is 1. The molecule has 1 aromatic carbocycles. The van der Waals surface area contributed by atoms with Crippen LogP contribution in [0.5, 0.6) is 0 Å². The molecule has 0 bridgehead atoms. The molecule has 1 amide bonds. The minimum atomic E-state index is -0.0282. The van der Waals surface area contributed by atoms with E-state index in [0.29, 0.717) is 0 Å². The summed E-state index contributed by atoms with van der Waals surface area (Å²) in [5.74, 6) is 0.0720. The van der Waals surface area contributed by atoms with Gasteiger partial charge in [-0.3, -0.25) is 4.79 Å². The zero-order valence-electron chi connectivity index (χ0n) is 10.3. The van der Waals surface area contributed by atoms with E-state index in [1.165, 1.54) is 0 Å². The van der Waals surface area contributed by atoms with Gasteiger partial charge in [-0.15, -0.1) is 0 Å². The lowest BCUT2D eigenvalue weighted by Crippen LogP contribution is -2.91.